The van der Waals surface area contributed by atoms with Crippen LogP contribution in [0.1, 0.15) is 26.3 Å². The monoisotopic (exact) mass is 510 g/mol. The summed E-state index contributed by atoms with van der Waals surface area (Å²) >= 11 is 2.29. The molecule has 1 aromatic carbocycles. The van der Waals surface area contributed by atoms with Crippen LogP contribution in [0.5, 0.6) is 0 Å². The van der Waals surface area contributed by atoms with Gasteiger partial charge >= 0.3 is 6.09 Å². The van der Waals surface area contributed by atoms with Crippen LogP contribution in [0, 0.1) is 11.6 Å². The fourth-order valence-electron chi connectivity index (χ4n) is 3.36. The second-order valence-corrected chi connectivity index (χ2v) is 10.7. The van der Waals surface area contributed by atoms with Crippen molar-refractivity contribution in [1.29, 1.82) is 0 Å². The molecule has 1 aliphatic rings. The number of nitrogen functional groups attached to an aromatic ring is 1. The third kappa shape index (κ3) is 5.47. The maximum Gasteiger partial charge on any atom is 0.410 e. The van der Waals surface area contributed by atoms with Crippen LogP contribution in [0.4, 0.5) is 24.5 Å². The van der Waals surface area contributed by atoms with E-state index in [1.54, 1.807) is 20.8 Å². The van der Waals surface area contributed by atoms with Crippen LogP contribution >= 0.6 is 23.1 Å². The van der Waals surface area contributed by atoms with Crippen molar-refractivity contribution in [3.8, 4) is 0 Å². The Balaban J connectivity index is 1.54. The smallest absolute Gasteiger partial charge is 0.410 e. The molecular weight excluding hydrogens is 486 g/mol. The Labute approximate surface area is 202 Å². The first-order valence-electron chi connectivity index (χ1n) is 10.4. The largest absolute Gasteiger partial charge is 0.444 e. The molecule has 1 fully saturated rings. The van der Waals surface area contributed by atoms with E-state index in [-0.39, 0.29) is 34.7 Å². The number of ether oxygens (including phenoxy) is 1. The molecule has 0 bridgehead atoms. The zero-order chi connectivity index (χ0) is 24.6. The van der Waals surface area contributed by atoms with Gasteiger partial charge in [-0.2, -0.15) is 0 Å². The number of amides is 1. The summed E-state index contributed by atoms with van der Waals surface area (Å²) in [4.78, 5) is 26.9. The van der Waals surface area contributed by atoms with Crippen molar-refractivity contribution in [2.45, 2.75) is 49.4 Å². The molecule has 0 unspecified atom stereocenters. The number of β-amino-alcohol motifs (C(OH)–C–C–N with tert-alkyl or cyclic N) is 1. The third-order valence-corrected chi connectivity index (χ3v) is 6.68. The van der Waals surface area contributed by atoms with Gasteiger partial charge in [0.2, 0.25) is 0 Å². The molecule has 0 saturated carbocycles. The van der Waals surface area contributed by atoms with Gasteiger partial charge in [0, 0.05) is 17.9 Å². The highest BCUT2D eigenvalue weighted by molar-refractivity contribution is 7.98. The number of fused-ring (bicyclic) bond motifs is 1. The van der Waals surface area contributed by atoms with E-state index >= 15 is 0 Å². The quantitative estimate of drug-likeness (QED) is 0.348. The standard InChI is InChI=1S/C21H24F2N6O3S2/c1-21(2,3)32-20(31)29-7-12(13(30)8-29)25-16-15-17(26-18(24)34-15)28-19(27-16)33-9-10-5-4-6-11(22)14(10)23/h4-6,12-13,30H,7-9H2,1-3H3,(H3,24,25,26,27,28)/t12-,13-/m1/s1. The highest BCUT2D eigenvalue weighted by atomic mass is 32.2. The molecule has 1 saturated heterocycles. The fourth-order valence-corrected chi connectivity index (χ4v) is 4.90. The number of carbonyl (C=O) groups is 1. The highest BCUT2D eigenvalue weighted by Gasteiger charge is 2.37. The van der Waals surface area contributed by atoms with Crippen LogP contribution in [-0.4, -0.2) is 61.9 Å². The zero-order valence-electron chi connectivity index (χ0n) is 18.7. The second-order valence-electron chi connectivity index (χ2n) is 8.76. The minimum absolute atomic E-state index is 0.103. The average Bonchev–Trinajstić information content (AvgIpc) is 3.30. The van der Waals surface area contributed by atoms with E-state index in [9.17, 15) is 18.7 Å². The first-order chi connectivity index (χ1) is 16.0. The van der Waals surface area contributed by atoms with Crippen molar-refractivity contribution < 1.29 is 23.4 Å². The van der Waals surface area contributed by atoms with E-state index in [0.29, 0.717) is 16.2 Å². The number of halogens is 2. The van der Waals surface area contributed by atoms with Crippen molar-refractivity contribution in [2.75, 3.05) is 24.1 Å². The molecule has 34 heavy (non-hydrogen) atoms. The third-order valence-electron chi connectivity index (χ3n) is 4.90. The van der Waals surface area contributed by atoms with Gasteiger partial charge in [-0.25, -0.2) is 28.5 Å². The number of nitrogens with two attached hydrogens (primary N) is 1. The number of hydrogen-bond donors (Lipinski definition) is 3. The number of rotatable bonds is 5. The van der Waals surface area contributed by atoms with Crippen LogP contribution < -0.4 is 11.1 Å². The Hall–Kier alpha value is -2.77. The van der Waals surface area contributed by atoms with E-state index in [4.69, 9.17) is 10.5 Å². The molecular formula is C21H24F2N6O3S2. The number of nitrogens with one attached hydrogen (secondary N) is 1. The summed E-state index contributed by atoms with van der Waals surface area (Å²) in [5.41, 5.74) is 5.74. The number of carbonyl (C=O) groups excluding carboxylic acids is 1. The Kier molecular flexibility index (Phi) is 6.78. The fraction of sp³-hybridized carbons (Fsp3) is 0.429. The molecule has 4 rings (SSSR count). The summed E-state index contributed by atoms with van der Waals surface area (Å²) in [7, 11) is 0. The van der Waals surface area contributed by atoms with E-state index in [0.717, 1.165) is 17.8 Å². The second kappa shape index (κ2) is 9.47. The summed E-state index contributed by atoms with van der Waals surface area (Å²) < 4.78 is 33.5. The molecule has 13 heteroatoms. The summed E-state index contributed by atoms with van der Waals surface area (Å²) in [6, 6.07) is 3.46. The number of nitrogens with zero attached hydrogens (tertiary/aromatic N) is 4. The van der Waals surface area contributed by atoms with Gasteiger partial charge in [-0.15, -0.1) is 0 Å². The molecule has 3 aromatic rings. The van der Waals surface area contributed by atoms with Gasteiger partial charge in [-0.3, -0.25) is 0 Å². The number of hydrogen-bond acceptors (Lipinski definition) is 10. The predicted octanol–water partition coefficient (Wildman–Crippen LogP) is 3.63. The molecule has 2 atom stereocenters. The van der Waals surface area contributed by atoms with Crippen LogP contribution in [0.2, 0.25) is 0 Å². The number of benzene rings is 1. The number of thioether (sulfide) groups is 1. The van der Waals surface area contributed by atoms with Gasteiger partial charge in [0.15, 0.2) is 33.4 Å². The minimum Gasteiger partial charge on any atom is -0.444 e. The molecule has 0 aliphatic carbocycles. The maximum absolute atomic E-state index is 14.0. The van der Waals surface area contributed by atoms with Crippen molar-refractivity contribution in [3.05, 3.63) is 35.4 Å². The lowest BCUT2D eigenvalue weighted by Crippen LogP contribution is -2.36. The Morgan fingerprint density at radius 2 is 2.09 bits per heavy atom. The number of likely N-dealkylation sites (tertiary alicyclic amines) is 1. The van der Waals surface area contributed by atoms with Gasteiger partial charge in [0.05, 0.1) is 18.7 Å². The number of thiazole rings is 1. The van der Waals surface area contributed by atoms with E-state index in [1.807, 2.05) is 0 Å². The molecule has 0 radical (unpaired) electrons. The van der Waals surface area contributed by atoms with Crippen molar-refractivity contribution >= 4 is 50.5 Å². The Morgan fingerprint density at radius 3 is 2.82 bits per heavy atom. The molecule has 2 aromatic heterocycles. The Bertz CT molecular complexity index is 1220. The van der Waals surface area contributed by atoms with E-state index in [1.165, 1.54) is 28.4 Å². The number of anilines is 2. The topological polar surface area (TPSA) is 126 Å². The first kappa shape index (κ1) is 24.4. The number of aromatic nitrogens is 3. The van der Waals surface area contributed by atoms with Crippen LogP contribution in [0.15, 0.2) is 23.4 Å². The molecule has 1 amide bonds. The molecule has 0 spiro atoms. The Morgan fingerprint density at radius 1 is 1.32 bits per heavy atom. The molecule has 182 valence electrons. The van der Waals surface area contributed by atoms with Crippen LogP contribution in [0.25, 0.3) is 10.3 Å². The maximum atomic E-state index is 14.0. The lowest BCUT2D eigenvalue weighted by Gasteiger charge is -2.24. The van der Waals surface area contributed by atoms with Gasteiger partial charge in [0.25, 0.3) is 0 Å². The first-order valence-corrected chi connectivity index (χ1v) is 12.2. The predicted molar refractivity (Wildman–Crippen MR) is 127 cm³/mol. The van der Waals surface area contributed by atoms with E-state index in [2.05, 4.69) is 20.3 Å². The van der Waals surface area contributed by atoms with Crippen molar-refractivity contribution in [1.82, 2.24) is 19.9 Å². The molecule has 3 heterocycles. The molecule has 1 aliphatic heterocycles. The summed E-state index contributed by atoms with van der Waals surface area (Å²) in [6.45, 7) is 5.62. The number of aliphatic hydroxyl groups excluding tert-OH is 1. The van der Waals surface area contributed by atoms with Gasteiger partial charge < -0.3 is 25.8 Å². The average molecular weight is 511 g/mol. The van der Waals surface area contributed by atoms with Crippen molar-refractivity contribution in [2.24, 2.45) is 0 Å². The lowest BCUT2D eigenvalue weighted by molar-refractivity contribution is 0.0270. The molecule has 4 N–H and O–H groups in total. The van der Waals surface area contributed by atoms with Gasteiger partial charge in [-0.1, -0.05) is 35.2 Å². The zero-order valence-corrected chi connectivity index (χ0v) is 20.3. The minimum atomic E-state index is -0.922. The SMILES string of the molecule is CC(C)(C)OC(=O)N1C[C@@H](O)[C@H](Nc2nc(SCc3cccc(F)c3F)nc3nc(N)sc23)C1. The van der Waals surface area contributed by atoms with Crippen LogP contribution in [-0.2, 0) is 10.5 Å². The van der Waals surface area contributed by atoms with Gasteiger partial charge in [0.1, 0.15) is 10.3 Å². The normalized spacial score (nSPS) is 18.5. The summed E-state index contributed by atoms with van der Waals surface area (Å²) in [5.74, 6) is -1.35. The number of aliphatic hydroxyl groups is 1. The van der Waals surface area contributed by atoms with E-state index < -0.39 is 35.5 Å². The summed E-state index contributed by atoms with van der Waals surface area (Å²) in [5, 5.41) is 14.3. The van der Waals surface area contributed by atoms with Crippen molar-refractivity contribution in [3.63, 3.8) is 0 Å². The highest BCUT2D eigenvalue weighted by Crippen LogP contribution is 2.33. The molecule has 9 nitrogen and oxygen atoms in total. The lowest BCUT2D eigenvalue weighted by atomic mass is 10.2. The van der Waals surface area contributed by atoms with Crippen LogP contribution in [0.3, 0.4) is 0 Å². The summed E-state index contributed by atoms with van der Waals surface area (Å²) in [6.07, 6.45) is -1.38. The van der Waals surface area contributed by atoms with Gasteiger partial charge in [-0.05, 0) is 26.8 Å².